The standard InChI is InChI=1S/C22H21ClN8O/c1-12(13-3-2-4-15(23)7-13)27-19-18(9-24)21(28-16-5-6-16)31-20(30-19)14(10-26-31)8-17-11-25-22(32)29-17/h2-4,7-8,10,12,16,28H,5-6,11H2,1H3,(H,27,30)(H2,25,29,32)/b17-8-/t12-/m1/s1. The molecule has 1 aromatic carbocycles. The lowest BCUT2D eigenvalue weighted by molar-refractivity contribution is 0.249. The van der Waals surface area contributed by atoms with Crippen molar-refractivity contribution < 1.29 is 4.79 Å². The zero-order valence-electron chi connectivity index (χ0n) is 17.3. The maximum Gasteiger partial charge on any atom is 0.319 e. The highest BCUT2D eigenvalue weighted by Crippen LogP contribution is 2.32. The monoisotopic (exact) mass is 448 g/mol. The van der Waals surface area contributed by atoms with E-state index in [0.29, 0.717) is 40.5 Å². The Balaban J connectivity index is 1.59. The maximum absolute atomic E-state index is 11.5. The molecule has 1 aliphatic heterocycles. The average Bonchev–Trinajstić information content (AvgIpc) is 3.37. The summed E-state index contributed by atoms with van der Waals surface area (Å²) in [5, 5.41) is 27.4. The van der Waals surface area contributed by atoms with Crippen LogP contribution < -0.4 is 21.3 Å². The van der Waals surface area contributed by atoms with Crippen LogP contribution in [0.2, 0.25) is 5.02 Å². The maximum atomic E-state index is 11.5. The summed E-state index contributed by atoms with van der Waals surface area (Å²) in [6.45, 7) is 2.40. The average molecular weight is 449 g/mol. The molecule has 1 saturated heterocycles. The molecule has 2 aromatic heterocycles. The Morgan fingerprint density at radius 2 is 2.25 bits per heavy atom. The first-order valence-electron chi connectivity index (χ1n) is 10.4. The molecule has 0 spiro atoms. The Morgan fingerprint density at radius 1 is 1.41 bits per heavy atom. The third-order valence-corrected chi connectivity index (χ3v) is 5.68. The summed E-state index contributed by atoms with van der Waals surface area (Å²) in [6.07, 6.45) is 5.62. The van der Waals surface area contributed by atoms with Crippen LogP contribution in [-0.4, -0.2) is 33.2 Å². The number of nitrogens with zero attached hydrogens (tertiary/aromatic N) is 4. The fraction of sp³-hybridized carbons (Fsp3) is 0.273. The minimum absolute atomic E-state index is 0.132. The van der Waals surface area contributed by atoms with Crippen molar-refractivity contribution in [1.82, 2.24) is 25.2 Å². The fourth-order valence-corrected chi connectivity index (χ4v) is 3.82. The Kier molecular flexibility index (Phi) is 5.07. The third kappa shape index (κ3) is 3.92. The molecule has 3 heterocycles. The number of anilines is 2. The number of hydrogen-bond donors (Lipinski definition) is 4. The van der Waals surface area contributed by atoms with E-state index in [1.807, 2.05) is 37.3 Å². The molecule has 0 bridgehead atoms. The lowest BCUT2D eigenvalue weighted by atomic mass is 10.1. The Bertz CT molecular complexity index is 1290. The summed E-state index contributed by atoms with van der Waals surface area (Å²) in [5.41, 5.74) is 3.44. The van der Waals surface area contributed by atoms with E-state index in [0.717, 1.165) is 29.7 Å². The Morgan fingerprint density at radius 3 is 2.94 bits per heavy atom. The number of carbonyl (C=O) groups excluding carboxylic acids is 1. The van der Waals surface area contributed by atoms with Gasteiger partial charge in [-0.1, -0.05) is 23.7 Å². The third-order valence-electron chi connectivity index (χ3n) is 5.45. The highest BCUT2D eigenvalue weighted by molar-refractivity contribution is 6.30. The van der Waals surface area contributed by atoms with Crippen LogP contribution in [0.5, 0.6) is 0 Å². The Labute approximate surface area is 189 Å². The number of nitriles is 1. The van der Waals surface area contributed by atoms with Gasteiger partial charge in [-0.05, 0) is 43.5 Å². The topological polar surface area (TPSA) is 119 Å². The van der Waals surface area contributed by atoms with Gasteiger partial charge in [0.2, 0.25) is 0 Å². The van der Waals surface area contributed by atoms with E-state index in [9.17, 15) is 10.1 Å². The molecule has 0 unspecified atom stereocenters. The lowest BCUT2D eigenvalue weighted by Crippen LogP contribution is -2.19. The predicted molar refractivity (Wildman–Crippen MR) is 122 cm³/mol. The normalized spacial score (nSPS) is 17.7. The molecule has 0 radical (unpaired) electrons. The number of rotatable bonds is 6. The summed E-state index contributed by atoms with van der Waals surface area (Å²) >= 11 is 6.16. The van der Waals surface area contributed by atoms with Crippen molar-refractivity contribution in [2.24, 2.45) is 0 Å². The van der Waals surface area contributed by atoms with Crippen molar-refractivity contribution >= 4 is 41.0 Å². The molecule has 1 saturated carbocycles. The molecule has 1 aliphatic carbocycles. The van der Waals surface area contributed by atoms with Gasteiger partial charge in [0.15, 0.2) is 17.3 Å². The minimum atomic E-state index is -0.235. The van der Waals surface area contributed by atoms with Gasteiger partial charge in [0.25, 0.3) is 0 Å². The number of halogens is 1. The molecule has 32 heavy (non-hydrogen) atoms. The second kappa shape index (κ2) is 8.05. The van der Waals surface area contributed by atoms with Gasteiger partial charge in [-0.15, -0.1) is 0 Å². The summed E-state index contributed by atoms with van der Waals surface area (Å²) < 4.78 is 1.66. The van der Waals surface area contributed by atoms with Crippen LogP contribution in [0.1, 0.15) is 42.5 Å². The van der Waals surface area contributed by atoms with E-state index in [1.54, 1.807) is 10.7 Å². The van der Waals surface area contributed by atoms with Crippen molar-refractivity contribution in [3.63, 3.8) is 0 Å². The lowest BCUT2D eigenvalue weighted by Gasteiger charge is -2.19. The number of carbonyl (C=O) groups is 1. The van der Waals surface area contributed by atoms with Gasteiger partial charge in [-0.3, -0.25) is 0 Å². The fourth-order valence-electron chi connectivity index (χ4n) is 3.63. The molecule has 3 aromatic rings. The number of urea groups is 1. The molecule has 2 fully saturated rings. The number of aromatic nitrogens is 3. The van der Waals surface area contributed by atoms with Gasteiger partial charge in [-0.25, -0.2) is 9.78 Å². The van der Waals surface area contributed by atoms with Gasteiger partial charge in [-0.2, -0.15) is 14.9 Å². The number of nitrogens with one attached hydrogen (secondary N) is 4. The summed E-state index contributed by atoms with van der Waals surface area (Å²) in [6, 6.07) is 9.81. The molecule has 1 atom stereocenters. The van der Waals surface area contributed by atoms with E-state index < -0.39 is 0 Å². The Hall–Kier alpha value is -3.77. The minimum Gasteiger partial charge on any atom is -0.366 e. The molecule has 4 N–H and O–H groups in total. The first-order valence-corrected chi connectivity index (χ1v) is 10.8. The van der Waals surface area contributed by atoms with Gasteiger partial charge in [0.05, 0.1) is 18.8 Å². The first-order chi connectivity index (χ1) is 15.5. The van der Waals surface area contributed by atoms with Gasteiger partial charge < -0.3 is 21.3 Å². The quantitative estimate of drug-likeness (QED) is 0.457. The number of hydrogen-bond acceptors (Lipinski definition) is 6. The second-order valence-electron chi connectivity index (χ2n) is 7.95. The molecule has 10 heteroatoms. The predicted octanol–water partition coefficient (Wildman–Crippen LogP) is 3.66. The number of benzene rings is 1. The molecule has 5 rings (SSSR count). The van der Waals surface area contributed by atoms with Crippen LogP contribution >= 0.6 is 11.6 Å². The molecular formula is C22H21ClN8O. The van der Waals surface area contributed by atoms with Crippen molar-refractivity contribution in [2.45, 2.75) is 31.8 Å². The summed E-state index contributed by atoms with van der Waals surface area (Å²) in [7, 11) is 0. The first kappa shape index (κ1) is 20.2. The molecule has 2 amide bonds. The zero-order valence-corrected chi connectivity index (χ0v) is 18.1. The van der Waals surface area contributed by atoms with Gasteiger partial charge in [0, 0.05) is 22.3 Å². The largest absolute Gasteiger partial charge is 0.366 e. The van der Waals surface area contributed by atoms with E-state index in [2.05, 4.69) is 32.4 Å². The summed E-state index contributed by atoms with van der Waals surface area (Å²) in [5.74, 6) is 1.07. The van der Waals surface area contributed by atoms with Crippen molar-refractivity contribution in [3.05, 3.63) is 57.9 Å². The van der Waals surface area contributed by atoms with Crippen molar-refractivity contribution in [3.8, 4) is 6.07 Å². The summed E-state index contributed by atoms with van der Waals surface area (Å²) in [4.78, 5) is 16.2. The molecule has 162 valence electrons. The van der Waals surface area contributed by atoms with E-state index in [-0.39, 0.29) is 12.1 Å². The van der Waals surface area contributed by atoms with Crippen molar-refractivity contribution in [2.75, 3.05) is 17.2 Å². The molecule has 2 aliphatic rings. The number of fused-ring (bicyclic) bond motifs is 1. The van der Waals surface area contributed by atoms with Crippen molar-refractivity contribution in [1.29, 1.82) is 5.26 Å². The van der Waals surface area contributed by atoms with Crippen LogP contribution in [0.15, 0.2) is 36.2 Å². The van der Waals surface area contributed by atoms with Crippen LogP contribution in [0.3, 0.4) is 0 Å². The van der Waals surface area contributed by atoms with E-state index in [4.69, 9.17) is 16.6 Å². The van der Waals surface area contributed by atoms with Crippen LogP contribution in [0, 0.1) is 11.3 Å². The molecular weight excluding hydrogens is 428 g/mol. The van der Waals surface area contributed by atoms with Crippen LogP contribution in [0.4, 0.5) is 16.4 Å². The van der Waals surface area contributed by atoms with Gasteiger partial charge in [0.1, 0.15) is 11.6 Å². The van der Waals surface area contributed by atoms with Crippen LogP contribution in [0.25, 0.3) is 11.7 Å². The zero-order chi connectivity index (χ0) is 22.2. The van der Waals surface area contributed by atoms with Gasteiger partial charge >= 0.3 is 6.03 Å². The highest BCUT2D eigenvalue weighted by atomic mass is 35.5. The highest BCUT2D eigenvalue weighted by Gasteiger charge is 2.27. The second-order valence-corrected chi connectivity index (χ2v) is 8.38. The van der Waals surface area contributed by atoms with E-state index in [1.165, 1.54) is 0 Å². The SMILES string of the molecule is C[C@@H](Nc1nc2c(/C=C3/CNC(=O)N3)cnn2c(NC2CC2)c1C#N)c1cccc(Cl)c1. The smallest absolute Gasteiger partial charge is 0.319 e. The van der Waals surface area contributed by atoms with Crippen LogP contribution in [-0.2, 0) is 0 Å². The van der Waals surface area contributed by atoms with E-state index >= 15 is 0 Å². The molecule has 9 nitrogen and oxygen atoms in total. The number of amides is 2.